The van der Waals surface area contributed by atoms with Crippen LogP contribution in [0.2, 0.25) is 0 Å². The number of ether oxygens (including phenoxy) is 1. The van der Waals surface area contributed by atoms with E-state index >= 15 is 0 Å². The Morgan fingerprint density at radius 1 is 0.919 bits per heavy atom. The summed E-state index contributed by atoms with van der Waals surface area (Å²) < 4.78 is 5.68. The highest BCUT2D eigenvalue weighted by Gasteiger charge is 2.71. The van der Waals surface area contributed by atoms with Crippen LogP contribution in [0.3, 0.4) is 0 Å². The molecule has 0 radical (unpaired) electrons. The van der Waals surface area contributed by atoms with E-state index < -0.39 is 43.4 Å². The lowest BCUT2D eigenvalue weighted by Gasteiger charge is -2.63. The van der Waals surface area contributed by atoms with Crippen LogP contribution in [0, 0.1) is 53.7 Å². The van der Waals surface area contributed by atoms with Crippen molar-refractivity contribution in [2.75, 3.05) is 0 Å². The number of rotatable bonds is 5. The van der Waals surface area contributed by atoms with Gasteiger partial charge in [-0.25, -0.2) is 0 Å². The van der Waals surface area contributed by atoms with E-state index in [0.29, 0.717) is 32.1 Å². The van der Waals surface area contributed by atoms with Crippen molar-refractivity contribution < 1.29 is 29.0 Å². The Labute approximate surface area is 214 Å². The topological polar surface area (TPSA) is 147 Å². The minimum Gasteiger partial charge on any atom is -0.460 e. The molecule has 0 saturated heterocycles. The van der Waals surface area contributed by atoms with Crippen molar-refractivity contribution in [2.45, 2.75) is 78.7 Å². The second-order valence-electron chi connectivity index (χ2n) is 12.5. The molecule has 10 nitrogen and oxygen atoms in total. The molecule has 2 bridgehead atoms. The Kier molecular flexibility index (Phi) is 5.62. The summed E-state index contributed by atoms with van der Waals surface area (Å²) in [6.07, 6.45) is 5.62. The molecule has 4 fully saturated rings. The van der Waals surface area contributed by atoms with Crippen LogP contribution in [0.15, 0.2) is 18.2 Å². The van der Waals surface area contributed by atoms with Crippen LogP contribution in [0.1, 0.15) is 77.7 Å². The summed E-state index contributed by atoms with van der Waals surface area (Å²) in [5.41, 5.74) is -3.00. The van der Waals surface area contributed by atoms with Crippen LogP contribution < -0.4 is 0 Å². The highest BCUT2D eigenvalue weighted by molar-refractivity contribution is 6.43. The van der Waals surface area contributed by atoms with Crippen LogP contribution in [0.25, 0.3) is 0 Å². The van der Waals surface area contributed by atoms with E-state index in [0.717, 1.165) is 25.3 Å². The first kappa shape index (κ1) is 25.5. The molecule has 1 aromatic rings. The van der Waals surface area contributed by atoms with Gasteiger partial charge in [0.2, 0.25) is 11.6 Å². The highest BCUT2D eigenvalue weighted by Crippen LogP contribution is 2.72. The van der Waals surface area contributed by atoms with E-state index in [1.807, 2.05) is 13.8 Å². The molecule has 5 rings (SSSR count). The Morgan fingerprint density at radius 2 is 1.54 bits per heavy atom. The van der Waals surface area contributed by atoms with Crippen LogP contribution >= 0.6 is 0 Å². The standard InChI is InChI=1S/C27H32N2O8/c1-24-9-5-20-25(2)7-4-8-26(3,19(25)6-10-27(20,15-24)22(31)21(24)30)23(32)37-14-16-11-17(28(33)34)13-18(12-16)29(35)36/h11-13,19-20H,4-10,14-15H2,1-3H3/t19-,20-,24-,25+,26+,27-/m0/s1. The summed E-state index contributed by atoms with van der Waals surface area (Å²) in [5, 5.41) is 22.4. The van der Waals surface area contributed by atoms with Gasteiger partial charge in [-0.1, -0.05) is 20.3 Å². The van der Waals surface area contributed by atoms with E-state index in [1.165, 1.54) is 12.1 Å². The molecule has 4 saturated carbocycles. The Balaban J connectivity index is 1.40. The molecule has 37 heavy (non-hydrogen) atoms. The number of nitro groups is 2. The van der Waals surface area contributed by atoms with Crippen molar-refractivity contribution >= 4 is 28.9 Å². The zero-order valence-corrected chi connectivity index (χ0v) is 21.4. The van der Waals surface area contributed by atoms with E-state index in [4.69, 9.17) is 4.74 Å². The molecule has 0 aliphatic heterocycles. The number of hydrogen-bond donors (Lipinski definition) is 0. The molecule has 0 amide bonds. The van der Waals surface area contributed by atoms with Crippen molar-refractivity contribution in [3.8, 4) is 0 Å². The summed E-state index contributed by atoms with van der Waals surface area (Å²) in [4.78, 5) is 60.8. The second-order valence-corrected chi connectivity index (χ2v) is 12.5. The lowest BCUT2D eigenvalue weighted by Crippen LogP contribution is -2.60. The average molecular weight is 513 g/mol. The van der Waals surface area contributed by atoms with E-state index in [1.54, 1.807) is 0 Å². The number of carbonyl (C=O) groups is 3. The van der Waals surface area contributed by atoms with Crippen LogP contribution in [-0.4, -0.2) is 27.4 Å². The summed E-state index contributed by atoms with van der Waals surface area (Å²) >= 11 is 0. The maximum atomic E-state index is 13.6. The number of non-ortho nitro benzene ring substituents is 2. The summed E-state index contributed by atoms with van der Waals surface area (Å²) in [5.74, 6) is -0.856. The molecule has 198 valence electrons. The minimum atomic E-state index is -0.826. The molecular weight excluding hydrogens is 480 g/mol. The molecule has 4 aliphatic carbocycles. The quantitative estimate of drug-likeness (QED) is 0.229. The minimum absolute atomic E-state index is 0.0378. The Bertz CT molecular complexity index is 1210. The number of nitrogens with zero attached hydrogens (tertiary/aromatic N) is 2. The molecule has 10 heteroatoms. The van der Waals surface area contributed by atoms with Gasteiger partial charge < -0.3 is 4.74 Å². The lowest BCUT2D eigenvalue weighted by atomic mass is 9.40. The van der Waals surface area contributed by atoms with Gasteiger partial charge in [0.05, 0.1) is 21.3 Å². The monoisotopic (exact) mass is 512 g/mol. The SMILES string of the molecule is C[C@]12CC[C@@H]3[C@](CC[C@H]4[C@@]3(C)CCC[C@@]4(C)C(=O)OCc3cc([N+](=O)[O-])cc([N+](=O)[O-])c3)(C1)C(=O)C2=O. The normalized spacial score (nSPS) is 38.5. The number of esters is 1. The van der Waals surface area contributed by atoms with Gasteiger partial charge in [0.15, 0.2) is 0 Å². The molecule has 4 aliphatic rings. The van der Waals surface area contributed by atoms with Gasteiger partial charge in [-0.05, 0) is 69.1 Å². The number of benzene rings is 1. The van der Waals surface area contributed by atoms with E-state index in [9.17, 15) is 34.6 Å². The fourth-order valence-electron chi connectivity index (χ4n) is 8.81. The second kappa shape index (κ2) is 8.16. The maximum Gasteiger partial charge on any atom is 0.312 e. The van der Waals surface area contributed by atoms with Crippen molar-refractivity contribution in [3.05, 3.63) is 44.0 Å². The molecule has 0 heterocycles. The summed E-state index contributed by atoms with van der Waals surface area (Å²) in [6, 6.07) is 3.24. The number of fused-ring (bicyclic) bond motifs is 3. The fourth-order valence-corrected chi connectivity index (χ4v) is 8.81. The smallest absolute Gasteiger partial charge is 0.312 e. The molecule has 0 unspecified atom stereocenters. The zero-order chi connectivity index (χ0) is 27.0. The van der Waals surface area contributed by atoms with Gasteiger partial charge in [-0.3, -0.25) is 34.6 Å². The van der Waals surface area contributed by atoms with Gasteiger partial charge in [-0.15, -0.1) is 0 Å². The third-order valence-corrected chi connectivity index (χ3v) is 10.4. The van der Waals surface area contributed by atoms with Crippen molar-refractivity contribution in [1.82, 2.24) is 0 Å². The highest BCUT2D eigenvalue weighted by atomic mass is 16.6. The molecule has 1 spiro atoms. The number of nitro benzene ring substituents is 2. The first-order valence-electron chi connectivity index (χ1n) is 13.0. The number of ketones is 2. The third-order valence-electron chi connectivity index (χ3n) is 10.4. The van der Waals surface area contributed by atoms with Gasteiger partial charge in [0, 0.05) is 28.5 Å². The number of hydrogen-bond acceptors (Lipinski definition) is 8. The lowest BCUT2D eigenvalue weighted by molar-refractivity contribution is -0.394. The third kappa shape index (κ3) is 3.54. The Morgan fingerprint density at radius 3 is 2.16 bits per heavy atom. The van der Waals surface area contributed by atoms with E-state index in [-0.39, 0.29) is 41.0 Å². The van der Waals surface area contributed by atoms with Gasteiger partial charge in [-0.2, -0.15) is 0 Å². The molecular formula is C27H32N2O8. The zero-order valence-electron chi connectivity index (χ0n) is 21.4. The largest absolute Gasteiger partial charge is 0.460 e. The maximum absolute atomic E-state index is 13.6. The van der Waals surface area contributed by atoms with Crippen LogP contribution in [0.5, 0.6) is 0 Å². The summed E-state index contributed by atoms with van der Waals surface area (Å²) in [7, 11) is 0. The molecule has 0 aromatic heterocycles. The van der Waals surface area contributed by atoms with Crippen LogP contribution in [0.4, 0.5) is 11.4 Å². The van der Waals surface area contributed by atoms with Crippen molar-refractivity contribution in [2.24, 2.45) is 33.5 Å². The van der Waals surface area contributed by atoms with Gasteiger partial charge in [0.25, 0.3) is 11.4 Å². The van der Waals surface area contributed by atoms with Gasteiger partial charge in [0.1, 0.15) is 6.61 Å². The molecule has 0 N–H and O–H groups in total. The van der Waals surface area contributed by atoms with Crippen LogP contribution in [-0.2, 0) is 25.7 Å². The summed E-state index contributed by atoms with van der Waals surface area (Å²) in [6.45, 7) is 5.70. The van der Waals surface area contributed by atoms with E-state index in [2.05, 4.69) is 6.92 Å². The fraction of sp³-hybridized carbons (Fsp3) is 0.667. The predicted molar refractivity (Wildman–Crippen MR) is 130 cm³/mol. The Hall–Kier alpha value is -3.17. The number of Topliss-reactive ketones (excluding diaryl/α,β-unsaturated/α-hetero) is 2. The number of carbonyl (C=O) groups excluding carboxylic acids is 3. The molecule has 1 aromatic carbocycles. The first-order valence-corrected chi connectivity index (χ1v) is 13.0. The van der Waals surface area contributed by atoms with Gasteiger partial charge >= 0.3 is 5.97 Å². The van der Waals surface area contributed by atoms with Crippen molar-refractivity contribution in [3.63, 3.8) is 0 Å². The average Bonchev–Trinajstić information content (AvgIpc) is 2.98. The first-order chi connectivity index (χ1) is 17.3. The predicted octanol–water partition coefficient (Wildman–Crippen LogP) is 5.10. The molecule has 6 atom stereocenters. The van der Waals surface area contributed by atoms with Crippen molar-refractivity contribution in [1.29, 1.82) is 0 Å².